The van der Waals surface area contributed by atoms with Crippen molar-refractivity contribution in [2.75, 3.05) is 18.0 Å². The molecule has 1 heterocycles. The fourth-order valence-electron chi connectivity index (χ4n) is 3.22. The maximum atomic E-state index is 9.94. The summed E-state index contributed by atoms with van der Waals surface area (Å²) in [5.41, 5.74) is 3.64. The number of aromatic nitrogens is 1. The average Bonchev–Trinajstić information content (AvgIpc) is 2.80. The van der Waals surface area contributed by atoms with Crippen LogP contribution in [0.3, 0.4) is 0 Å². The molecule has 0 spiro atoms. The molecule has 0 aliphatic rings. The molecule has 0 saturated carbocycles. The fraction of sp³-hybridized carbons (Fsp3) is 0.263. The smallest absolute Gasteiger partial charge is 0.117 e. The molecular formula is C19H21ClN2O2. The second-order valence-electron chi connectivity index (χ2n) is 5.80. The van der Waals surface area contributed by atoms with Gasteiger partial charge in [-0.15, -0.1) is 0 Å². The maximum absolute atomic E-state index is 9.94. The maximum Gasteiger partial charge on any atom is 0.117 e. The monoisotopic (exact) mass is 344 g/mol. The topological polar surface area (TPSA) is 48.6 Å². The standard InChI is InChI=1S/C19H21ClN2O2/c1-4-22(5-2)17-11-13(24)7-9-15(17)19-18(20)14-8-6-12(23)10-16(14)21(19)3/h6-11,23-24H,4-5H2,1-3H3. The summed E-state index contributed by atoms with van der Waals surface area (Å²) >= 11 is 6.67. The van der Waals surface area contributed by atoms with Crippen LogP contribution >= 0.6 is 11.6 Å². The molecule has 3 aromatic rings. The van der Waals surface area contributed by atoms with Gasteiger partial charge in [-0.3, -0.25) is 0 Å². The van der Waals surface area contributed by atoms with E-state index in [0.29, 0.717) is 5.02 Å². The van der Waals surface area contributed by atoms with E-state index in [1.807, 2.05) is 23.7 Å². The summed E-state index contributed by atoms with van der Waals surface area (Å²) in [7, 11) is 1.93. The Balaban J connectivity index is 2.32. The first-order valence-corrected chi connectivity index (χ1v) is 8.40. The molecule has 5 heteroatoms. The Labute approximate surface area is 146 Å². The van der Waals surface area contributed by atoms with Crippen molar-refractivity contribution in [3.63, 3.8) is 0 Å². The molecule has 0 aliphatic heterocycles. The predicted octanol–water partition coefficient (Wildman–Crippen LogP) is 4.76. The van der Waals surface area contributed by atoms with E-state index in [-0.39, 0.29) is 11.5 Å². The van der Waals surface area contributed by atoms with Gasteiger partial charge in [-0.05, 0) is 38.1 Å². The summed E-state index contributed by atoms with van der Waals surface area (Å²) in [6, 6.07) is 10.5. The molecule has 0 unspecified atom stereocenters. The molecule has 2 N–H and O–H groups in total. The number of rotatable bonds is 4. The van der Waals surface area contributed by atoms with Crippen molar-refractivity contribution in [3.8, 4) is 22.8 Å². The highest BCUT2D eigenvalue weighted by atomic mass is 35.5. The average molecular weight is 345 g/mol. The summed E-state index contributed by atoms with van der Waals surface area (Å²) in [6.07, 6.45) is 0. The zero-order valence-corrected chi connectivity index (χ0v) is 14.8. The minimum atomic E-state index is 0.209. The summed E-state index contributed by atoms with van der Waals surface area (Å²) in [6.45, 7) is 5.82. The third kappa shape index (κ3) is 2.57. The van der Waals surface area contributed by atoms with Gasteiger partial charge in [-0.2, -0.15) is 0 Å². The lowest BCUT2D eigenvalue weighted by Gasteiger charge is -2.24. The number of hydrogen-bond donors (Lipinski definition) is 2. The third-order valence-electron chi connectivity index (χ3n) is 4.46. The van der Waals surface area contributed by atoms with Crippen molar-refractivity contribution in [2.24, 2.45) is 7.05 Å². The van der Waals surface area contributed by atoms with Crippen LogP contribution in [0.4, 0.5) is 5.69 Å². The molecule has 2 aromatic carbocycles. The molecule has 0 radical (unpaired) electrons. The van der Waals surface area contributed by atoms with Crippen LogP contribution in [0, 0.1) is 0 Å². The summed E-state index contributed by atoms with van der Waals surface area (Å²) < 4.78 is 1.98. The van der Waals surface area contributed by atoms with Crippen LogP contribution in [0.15, 0.2) is 36.4 Å². The Hall–Kier alpha value is -2.33. The van der Waals surface area contributed by atoms with Crippen LogP contribution in [0.5, 0.6) is 11.5 Å². The number of aromatic hydroxyl groups is 2. The SMILES string of the molecule is CCN(CC)c1cc(O)ccc1-c1c(Cl)c2ccc(O)cc2n1C. The van der Waals surface area contributed by atoms with Crippen molar-refractivity contribution in [2.45, 2.75) is 13.8 Å². The second-order valence-corrected chi connectivity index (χ2v) is 6.17. The van der Waals surface area contributed by atoms with Gasteiger partial charge in [0.15, 0.2) is 0 Å². The Kier molecular flexibility index (Phi) is 4.33. The molecule has 0 aliphatic carbocycles. The van der Waals surface area contributed by atoms with Crippen LogP contribution in [0.25, 0.3) is 22.2 Å². The van der Waals surface area contributed by atoms with E-state index < -0.39 is 0 Å². The number of fused-ring (bicyclic) bond motifs is 1. The van der Waals surface area contributed by atoms with Gasteiger partial charge in [0, 0.05) is 48.9 Å². The largest absolute Gasteiger partial charge is 0.508 e. The zero-order valence-electron chi connectivity index (χ0n) is 14.0. The Morgan fingerprint density at radius 3 is 2.29 bits per heavy atom. The first kappa shape index (κ1) is 16.5. The minimum absolute atomic E-state index is 0.209. The number of anilines is 1. The number of hydrogen-bond acceptors (Lipinski definition) is 3. The van der Waals surface area contributed by atoms with Gasteiger partial charge in [0.1, 0.15) is 11.5 Å². The highest BCUT2D eigenvalue weighted by Crippen LogP contribution is 2.42. The van der Waals surface area contributed by atoms with Crippen molar-refractivity contribution in [3.05, 3.63) is 41.4 Å². The molecule has 3 rings (SSSR count). The normalized spacial score (nSPS) is 11.2. The van der Waals surface area contributed by atoms with E-state index in [4.69, 9.17) is 11.6 Å². The van der Waals surface area contributed by atoms with E-state index in [1.165, 1.54) is 0 Å². The molecule has 4 nitrogen and oxygen atoms in total. The molecule has 0 bridgehead atoms. The van der Waals surface area contributed by atoms with E-state index in [1.54, 1.807) is 24.3 Å². The number of nitrogens with zero attached hydrogens (tertiary/aromatic N) is 2. The van der Waals surface area contributed by atoms with E-state index in [2.05, 4.69) is 18.7 Å². The van der Waals surface area contributed by atoms with Gasteiger partial charge in [0.25, 0.3) is 0 Å². The van der Waals surface area contributed by atoms with E-state index >= 15 is 0 Å². The lowest BCUT2D eigenvalue weighted by molar-refractivity contribution is 0.475. The molecule has 1 aromatic heterocycles. The second kappa shape index (κ2) is 6.29. The van der Waals surface area contributed by atoms with Crippen molar-refractivity contribution in [1.29, 1.82) is 0 Å². The molecule has 0 amide bonds. The van der Waals surface area contributed by atoms with Gasteiger partial charge in [0.2, 0.25) is 0 Å². The third-order valence-corrected chi connectivity index (χ3v) is 4.85. The fourth-order valence-corrected chi connectivity index (χ4v) is 3.61. The van der Waals surface area contributed by atoms with E-state index in [0.717, 1.165) is 40.9 Å². The number of phenols is 2. The highest BCUT2D eigenvalue weighted by molar-refractivity contribution is 6.38. The van der Waals surface area contributed by atoms with Crippen LogP contribution in [0.1, 0.15) is 13.8 Å². The summed E-state index contributed by atoms with van der Waals surface area (Å²) in [5.74, 6) is 0.439. The van der Waals surface area contributed by atoms with E-state index in [9.17, 15) is 10.2 Å². The van der Waals surface area contributed by atoms with Gasteiger partial charge in [0.05, 0.1) is 16.2 Å². The Bertz CT molecular complexity index is 898. The number of benzene rings is 2. The Morgan fingerprint density at radius 2 is 1.62 bits per heavy atom. The predicted molar refractivity (Wildman–Crippen MR) is 100 cm³/mol. The summed E-state index contributed by atoms with van der Waals surface area (Å²) in [4.78, 5) is 2.18. The van der Waals surface area contributed by atoms with Crippen LogP contribution in [-0.2, 0) is 7.05 Å². The lowest BCUT2D eigenvalue weighted by atomic mass is 10.1. The number of aryl methyl sites for hydroxylation is 1. The molecule has 0 fully saturated rings. The summed E-state index contributed by atoms with van der Waals surface area (Å²) in [5, 5.41) is 21.3. The van der Waals surface area contributed by atoms with Gasteiger partial charge in [-0.1, -0.05) is 11.6 Å². The van der Waals surface area contributed by atoms with Crippen molar-refractivity contribution in [1.82, 2.24) is 4.57 Å². The number of halogens is 1. The zero-order chi connectivity index (χ0) is 17.4. The first-order chi connectivity index (χ1) is 11.5. The van der Waals surface area contributed by atoms with Crippen LogP contribution in [0.2, 0.25) is 5.02 Å². The van der Waals surface area contributed by atoms with Crippen molar-refractivity contribution >= 4 is 28.2 Å². The van der Waals surface area contributed by atoms with Crippen LogP contribution in [-0.4, -0.2) is 27.9 Å². The molecule has 126 valence electrons. The van der Waals surface area contributed by atoms with Crippen LogP contribution < -0.4 is 4.90 Å². The number of phenolic OH excluding ortho intramolecular Hbond substituents is 2. The highest BCUT2D eigenvalue weighted by Gasteiger charge is 2.20. The Morgan fingerprint density at radius 1 is 1.00 bits per heavy atom. The van der Waals surface area contributed by atoms with Gasteiger partial charge >= 0.3 is 0 Å². The first-order valence-electron chi connectivity index (χ1n) is 8.03. The molecule has 0 saturated heterocycles. The van der Waals surface area contributed by atoms with Gasteiger partial charge in [-0.25, -0.2) is 0 Å². The van der Waals surface area contributed by atoms with Gasteiger partial charge < -0.3 is 19.7 Å². The lowest BCUT2D eigenvalue weighted by Crippen LogP contribution is -2.22. The molecule has 0 atom stereocenters. The quantitative estimate of drug-likeness (QED) is 0.717. The molecule has 24 heavy (non-hydrogen) atoms. The molecular weight excluding hydrogens is 324 g/mol. The minimum Gasteiger partial charge on any atom is -0.508 e. The van der Waals surface area contributed by atoms with Crippen molar-refractivity contribution < 1.29 is 10.2 Å².